The summed E-state index contributed by atoms with van der Waals surface area (Å²) in [5.74, 6) is -1.17. The van der Waals surface area contributed by atoms with Crippen LogP contribution in [0.4, 0.5) is 0 Å². The Labute approximate surface area is 117 Å². The zero-order valence-corrected chi connectivity index (χ0v) is 11.5. The summed E-state index contributed by atoms with van der Waals surface area (Å²) in [6, 6.07) is 5.47. The molecule has 1 rings (SSSR count). The van der Waals surface area contributed by atoms with E-state index in [1.54, 1.807) is 19.1 Å². The van der Waals surface area contributed by atoms with E-state index in [0.717, 1.165) is 5.56 Å². The molecule has 0 spiro atoms. The normalized spacial score (nSPS) is 11.5. The second-order valence-corrected chi connectivity index (χ2v) is 4.39. The van der Waals surface area contributed by atoms with E-state index < -0.39 is 17.9 Å². The van der Waals surface area contributed by atoms with Crippen molar-refractivity contribution in [3.8, 4) is 5.75 Å². The number of aromatic hydroxyl groups is 1. The fourth-order valence-corrected chi connectivity index (χ4v) is 1.64. The van der Waals surface area contributed by atoms with Gasteiger partial charge in [0.2, 0.25) is 17.7 Å². The van der Waals surface area contributed by atoms with Crippen molar-refractivity contribution in [3.05, 3.63) is 29.8 Å². The van der Waals surface area contributed by atoms with E-state index >= 15 is 0 Å². The minimum absolute atomic E-state index is 0.121. The Kier molecular flexibility index (Phi) is 5.71. The van der Waals surface area contributed by atoms with Crippen LogP contribution in [0.3, 0.4) is 0 Å². The summed E-state index contributed by atoms with van der Waals surface area (Å²) in [5.41, 5.74) is 0.764. The summed E-state index contributed by atoms with van der Waals surface area (Å²) in [7, 11) is 0. The Hall–Kier alpha value is -2.37. The summed E-state index contributed by atoms with van der Waals surface area (Å²) in [5, 5.41) is 13.9. The largest absolute Gasteiger partial charge is 0.508 e. The molecule has 0 radical (unpaired) electrons. The highest BCUT2D eigenvalue weighted by Gasteiger charge is 2.21. The van der Waals surface area contributed by atoms with Crippen molar-refractivity contribution in [2.24, 2.45) is 0 Å². The molecule has 1 aromatic rings. The molecule has 20 heavy (non-hydrogen) atoms. The third kappa shape index (κ3) is 5.09. The molecular formula is C14H18N2O4. The van der Waals surface area contributed by atoms with Crippen molar-refractivity contribution in [1.82, 2.24) is 10.6 Å². The summed E-state index contributed by atoms with van der Waals surface area (Å²) in [4.78, 5) is 34.3. The van der Waals surface area contributed by atoms with Crippen LogP contribution in [0, 0.1) is 0 Å². The molecule has 1 unspecified atom stereocenters. The van der Waals surface area contributed by atoms with Crippen molar-refractivity contribution >= 4 is 17.7 Å². The molecule has 0 heterocycles. The van der Waals surface area contributed by atoms with Crippen molar-refractivity contribution in [2.45, 2.75) is 32.7 Å². The molecular weight excluding hydrogens is 260 g/mol. The van der Waals surface area contributed by atoms with E-state index in [-0.39, 0.29) is 24.5 Å². The molecule has 0 aliphatic carbocycles. The number of phenolic OH excluding ortho intramolecular Hbond substituents is 1. The van der Waals surface area contributed by atoms with Gasteiger partial charge in [-0.15, -0.1) is 0 Å². The number of amides is 3. The summed E-state index contributed by atoms with van der Waals surface area (Å²) in [6.45, 7) is 2.94. The van der Waals surface area contributed by atoms with Crippen LogP contribution in [-0.4, -0.2) is 28.9 Å². The predicted octanol–water partition coefficient (Wildman–Crippen LogP) is 0.492. The predicted molar refractivity (Wildman–Crippen MR) is 72.9 cm³/mol. The standard InChI is InChI=1S/C14H18N2O4/c1-3-13(19)16-14(20)12(15-9(2)17)8-10-4-6-11(18)7-5-10/h4-7,12,18H,3,8H2,1-2H3,(H,15,17)(H,16,19,20). The Bertz CT molecular complexity index is 496. The van der Waals surface area contributed by atoms with E-state index in [9.17, 15) is 19.5 Å². The minimum Gasteiger partial charge on any atom is -0.508 e. The number of carbonyl (C=O) groups excluding carboxylic acids is 3. The highest BCUT2D eigenvalue weighted by Crippen LogP contribution is 2.11. The smallest absolute Gasteiger partial charge is 0.249 e. The average Bonchev–Trinajstić information content (AvgIpc) is 2.39. The van der Waals surface area contributed by atoms with Gasteiger partial charge in [0.05, 0.1) is 0 Å². The van der Waals surface area contributed by atoms with Gasteiger partial charge in [-0.25, -0.2) is 0 Å². The number of carbonyl (C=O) groups is 3. The third-order valence-electron chi connectivity index (χ3n) is 2.65. The lowest BCUT2D eigenvalue weighted by Crippen LogP contribution is -2.48. The Morgan fingerprint density at radius 3 is 2.30 bits per heavy atom. The molecule has 6 heteroatoms. The topological polar surface area (TPSA) is 95.5 Å². The number of hydrogen-bond acceptors (Lipinski definition) is 4. The number of imide groups is 1. The first-order valence-electron chi connectivity index (χ1n) is 6.31. The zero-order chi connectivity index (χ0) is 15.1. The van der Waals surface area contributed by atoms with Crippen LogP contribution in [0.25, 0.3) is 0 Å². The van der Waals surface area contributed by atoms with Gasteiger partial charge in [0.25, 0.3) is 0 Å². The molecule has 0 aliphatic rings. The SMILES string of the molecule is CCC(=O)NC(=O)C(Cc1ccc(O)cc1)NC(C)=O. The minimum atomic E-state index is -0.826. The van der Waals surface area contributed by atoms with Gasteiger partial charge in [-0.1, -0.05) is 19.1 Å². The zero-order valence-electron chi connectivity index (χ0n) is 11.5. The molecule has 0 aliphatic heterocycles. The molecule has 1 aromatic carbocycles. The van der Waals surface area contributed by atoms with Crippen LogP contribution in [0.5, 0.6) is 5.75 Å². The van der Waals surface area contributed by atoms with Gasteiger partial charge in [-0.05, 0) is 17.7 Å². The van der Waals surface area contributed by atoms with Crippen molar-refractivity contribution in [3.63, 3.8) is 0 Å². The van der Waals surface area contributed by atoms with Crippen LogP contribution in [0.15, 0.2) is 24.3 Å². The third-order valence-corrected chi connectivity index (χ3v) is 2.65. The molecule has 3 N–H and O–H groups in total. The number of benzene rings is 1. The van der Waals surface area contributed by atoms with Gasteiger partial charge in [0.15, 0.2) is 0 Å². The van der Waals surface area contributed by atoms with Crippen LogP contribution >= 0.6 is 0 Å². The van der Waals surface area contributed by atoms with Crippen LogP contribution in [0.1, 0.15) is 25.8 Å². The van der Waals surface area contributed by atoms with Crippen LogP contribution in [-0.2, 0) is 20.8 Å². The van der Waals surface area contributed by atoms with Gasteiger partial charge in [0, 0.05) is 19.8 Å². The number of hydrogen-bond donors (Lipinski definition) is 3. The first kappa shape index (κ1) is 15.7. The van der Waals surface area contributed by atoms with E-state index in [4.69, 9.17) is 0 Å². The van der Waals surface area contributed by atoms with E-state index in [1.165, 1.54) is 19.1 Å². The van der Waals surface area contributed by atoms with Gasteiger partial charge in [0.1, 0.15) is 11.8 Å². The highest BCUT2D eigenvalue weighted by atomic mass is 16.3. The second kappa shape index (κ2) is 7.28. The lowest BCUT2D eigenvalue weighted by Gasteiger charge is -2.17. The average molecular weight is 278 g/mol. The first-order chi connectivity index (χ1) is 9.42. The van der Waals surface area contributed by atoms with E-state index in [0.29, 0.717) is 0 Å². The quantitative estimate of drug-likeness (QED) is 0.730. The van der Waals surface area contributed by atoms with Crippen LogP contribution < -0.4 is 10.6 Å². The number of nitrogens with one attached hydrogen (secondary N) is 2. The lowest BCUT2D eigenvalue weighted by atomic mass is 10.0. The molecule has 0 fully saturated rings. The van der Waals surface area contributed by atoms with Crippen LogP contribution in [0.2, 0.25) is 0 Å². The molecule has 0 saturated heterocycles. The Morgan fingerprint density at radius 1 is 1.20 bits per heavy atom. The maximum Gasteiger partial charge on any atom is 0.249 e. The Morgan fingerprint density at radius 2 is 1.80 bits per heavy atom. The maximum absolute atomic E-state index is 11.9. The molecule has 3 amide bonds. The van der Waals surface area contributed by atoms with Gasteiger partial charge < -0.3 is 10.4 Å². The Balaban J connectivity index is 2.78. The second-order valence-electron chi connectivity index (χ2n) is 4.39. The van der Waals surface area contributed by atoms with Crippen molar-refractivity contribution in [1.29, 1.82) is 0 Å². The summed E-state index contributed by atoms with van der Waals surface area (Å²) >= 11 is 0. The lowest BCUT2D eigenvalue weighted by molar-refractivity contribution is -0.133. The molecule has 6 nitrogen and oxygen atoms in total. The molecule has 108 valence electrons. The highest BCUT2D eigenvalue weighted by molar-refractivity contribution is 5.99. The van der Waals surface area contributed by atoms with E-state index in [2.05, 4.69) is 10.6 Å². The number of rotatable bonds is 5. The van der Waals surface area contributed by atoms with Gasteiger partial charge in [-0.3, -0.25) is 19.7 Å². The summed E-state index contributed by atoms with van der Waals surface area (Å²) in [6.07, 6.45) is 0.431. The molecule has 1 atom stereocenters. The molecule has 0 aromatic heterocycles. The number of phenols is 1. The van der Waals surface area contributed by atoms with Gasteiger partial charge in [-0.2, -0.15) is 0 Å². The molecule has 0 bridgehead atoms. The van der Waals surface area contributed by atoms with Crippen molar-refractivity contribution in [2.75, 3.05) is 0 Å². The fourth-order valence-electron chi connectivity index (χ4n) is 1.64. The monoisotopic (exact) mass is 278 g/mol. The molecule has 0 saturated carbocycles. The first-order valence-corrected chi connectivity index (χ1v) is 6.31. The van der Waals surface area contributed by atoms with E-state index in [1.807, 2.05) is 0 Å². The maximum atomic E-state index is 11.9. The summed E-state index contributed by atoms with van der Waals surface area (Å²) < 4.78 is 0. The van der Waals surface area contributed by atoms with Gasteiger partial charge >= 0.3 is 0 Å². The van der Waals surface area contributed by atoms with Crippen molar-refractivity contribution < 1.29 is 19.5 Å². The fraction of sp³-hybridized carbons (Fsp3) is 0.357.